The van der Waals surface area contributed by atoms with Crippen LogP contribution >= 0.6 is 45.3 Å². The summed E-state index contributed by atoms with van der Waals surface area (Å²) in [6.07, 6.45) is 3.76. The van der Waals surface area contributed by atoms with Crippen LogP contribution in [0.25, 0.3) is 74.1 Å². The number of hydrogen-bond donors (Lipinski definition) is 0. The van der Waals surface area contributed by atoms with E-state index in [9.17, 15) is 0 Å². The molecule has 0 spiro atoms. The lowest BCUT2D eigenvalue weighted by atomic mass is 9.81. The lowest BCUT2D eigenvalue weighted by Crippen LogP contribution is -2.15. The first-order chi connectivity index (χ1) is 25.7. The van der Waals surface area contributed by atoms with Gasteiger partial charge in [-0.3, -0.25) is 0 Å². The lowest BCUT2D eigenvalue weighted by Gasteiger charge is -2.22. The predicted octanol–water partition coefficient (Wildman–Crippen LogP) is 16.2. The molecule has 0 saturated heterocycles. The number of aryl methyl sites for hydroxylation is 2. The first-order valence-electron chi connectivity index (χ1n) is 17.8. The van der Waals surface area contributed by atoms with Gasteiger partial charge in [0.25, 0.3) is 0 Å². The van der Waals surface area contributed by atoms with E-state index < -0.39 is 0 Å². The topological polar surface area (TPSA) is 0 Å². The molecule has 4 heterocycles. The van der Waals surface area contributed by atoms with Gasteiger partial charge in [0.2, 0.25) is 0 Å². The Balaban J connectivity index is 0.000000178. The van der Waals surface area contributed by atoms with Crippen molar-refractivity contribution in [2.24, 2.45) is 0 Å². The van der Waals surface area contributed by atoms with Crippen LogP contribution in [0.1, 0.15) is 46.5 Å². The Hall–Kier alpha value is -4.84. The van der Waals surface area contributed by atoms with Crippen LogP contribution < -0.4 is 0 Å². The summed E-state index contributed by atoms with van der Waals surface area (Å²) in [5.41, 5.74) is 13.1. The SMILES string of the molecule is C=Cc1ccc(-c2ccc(-c3ccc(-c4ccc5c(c4)C(C)(C)c4cc(C)ccc4-5)s3)s2)cc1.C=Cc1ccc(-c2ccc(-c3ccc(C)s3)s2)cc1. The minimum absolute atomic E-state index is 0.0244. The largest absolute Gasteiger partial charge is 0.140 e. The highest BCUT2D eigenvalue weighted by Crippen LogP contribution is 2.50. The standard InChI is InChI=1S/C32H26S2.C17H14S2/c1-5-21-7-9-22(10-8-21)28-14-16-30(33-28)31-17-15-29(34-31)23-11-13-25-24-12-6-20(2)18-26(24)32(3,4)27(25)19-23;1-3-13-5-7-14(8-6-13)15-10-11-17(19-15)16-9-4-12(2)18-16/h5-19H,1H2,2-4H3;3-11H,1H2,2H3. The molecule has 260 valence electrons. The van der Waals surface area contributed by atoms with E-state index in [0.717, 1.165) is 11.1 Å². The number of fused-ring (bicyclic) bond motifs is 3. The first kappa shape index (κ1) is 35.2. The van der Waals surface area contributed by atoms with Crippen molar-refractivity contribution in [3.8, 4) is 62.0 Å². The summed E-state index contributed by atoms with van der Waals surface area (Å²) in [5, 5.41) is 0. The molecule has 9 rings (SSSR count). The van der Waals surface area contributed by atoms with Gasteiger partial charge < -0.3 is 0 Å². The Bertz CT molecular complexity index is 2580. The molecule has 0 saturated carbocycles. The third-order valence-electron chi connectivity index (χ3n) is 10.0. The van der Waals surface area contributed by atoms with E-state index in [1.54, 1.807) is 0 Å². The fourth-order valence-electron chi connectivity index (χ4n) is 7.01. The number of benzene rings is 4. The Kier molecular flexibility index (Phi) is 9.65. The van der Waals surface area contributed by atoms with Crippen molar-refractivity contribution < 1.29 is 0 Å². The summed E-state index contributed by atoms with van der Waals surface area (Å²) in [4.78, 5) is 10.7. The quantitative estimate of drug-likeness (QED) is 0.152. The second kappa shape index (κ2) is 14.5. The fraction of sp³-hybridized carbons (Fsp3) is 0.102. The molecule has 0 N–H and O–H groups in total. The second-order valence-corrected chi connectivity index (χ2v) is 18.5. The maximum Gasteiger partial charge on any atom is 0.0449 e. The molecule has 0 aliphatic heterocycles. The van der Waals surface area contributed by atoms with E-state index in [2.05, 4.69) is 174 Å². The average Bonchev–Trinajstić information content (AvgIpc) is 4.03. The van der Waals surface area contributed by atoms with E-state index in [1.807, 2.05) is 57.5 Å². The van der Waals surface area contributed by atoms with Crippen molar-refractivity contribution in [2.45, 2.75) is 33.1 Å². The zero-order valence-electron chi connectivity index (χ0n) is 30.4. The Morgan fingerprint density at radius 1 is 0.415 bits per heavy atom. The summed E-state index contributed by atoms with van der Waals surface area (Å²) in [5.74, 6) is 0. The third kappa shape index (κ3) is 7.01. The average molecular weight is 757 g/mol. The maximum absolute atomic E-state index is 3.85. The van der Waals surface area contributed by atoms with Crippen LogP contribution in [-0.2, 0) is 5.41 Å². The van der Waals surface area contributed by atoms with E-state index in [0.29, 0.717) is 0 Å². The Labute approximate surface area is 329 Å². The highest BCUT2D eigenvalue weighted by Gasteiger charge is 2.35. The van der Waals surface area contributed by atoms with Crippen LogP contribution in [0.2, 0.25) is 0 Å². The summed E-state index contributed by atoms with van der Waals surface area (Å²) in [6.45, 7) is 16.7. The molecule has 0 radical (unpaired) electrons. The van der Waals surface area contributed by atoms with E-state index in [1.165, 1.54) is 83.5 Å². The number of thiophene rings is 4. The number of rotatable bonds is 7. The van der Waals surface area contributed by atoms with Gasteiger partial charge >= 0.3 is 0 Å². The maximum atomic E-state index is 3.85. The van der Waals surface area contributed by atoms with Gasteiger partial charge in [-0.05, 0) is 119 Å². The smallest absolute Gasteiger partial charge is 0.0449 e. The molecule has 0 amide bonds. The van der Waals surface area contributed by atoms with Crippen molar-refractivity contribution in [2.75, 3.05) is 0 Å². The molecule has 0 fully saturated rings. The molecule has 0 unspecified atom stereocenters. The van der Waals surface area contributed by atoms with Crippen molar-refractivity contribution in [3.05, 3.63) is 179 Å². The van der Waals surface area contributed by atoms with Gasteiger partial charge in [-0.1, -0.05) is 124 Å². The fourth-order valence-corrected chi connectivity index (χ4v) is 11.1. The minimum Gasteiger partial charge on any atom is -0.140 e. The van der Waals surface area contributed by atoms with Gasteiger partial charge in [0.1, 0.15) is 0 Å². The molecule has 1 aliphatic carbocycles. The van der Waals surface area contributed by atoms with Gasteiger partial charge in [-0.25, -0.2) is 0 Å². The highest BCUT2D eigenvalue weighted by atomic mass is 32.1. The minimum atomic E-state index is 0.0244. The van der Waals surface area contributed by atoms with Gasteiger partial charge in [-0.2, -0.15) is 0 Å². The van der Waals surface area contributed by atoms with Gasteiger partial charge in [0.05, 0.1) is 0 Å². The van der Waals surface area contributed by atoms with Crippen LogP contribution in [0.5, 0.6) is 0 Å². The van der Waals surface area contributed by atoms with E-state index in [4.69, 9.17) is 0 Å². The summed E-state index contributed by atoms with van der Waals surface area (Å²) < 4.78 is 0. The van der Waals surface area contributed by atoms with Crippen LogP contribution in [0.4, 0.5) is 0 Å². The van der Waals surface area contributed by atoms with Crippen LogP contribution in [0.15, 0.2) is 147 Å². The van der Waals surface area contributed by atoms with E-state index >= 15 is 0 Å². The molecule has 0 bridgehead atoms. The molecule has 4 heteroatoms. The van der Waals surface area contributed by atoms with Crippen LogP contribution in [0, 0.1) is 13.8 Å². The van der Waals surface area contributed by atoms with Crippen molar-refractivity contribution >= 4 is 57.5 Å². The summed E-state index contributed by atoms with van der Waals surface area (Å²) in [7, 11) is 0. The molecule has 8 aromatic rings. The second-order valence-electron chi connectivity index (χ2n) is 14.0. The molecule has 0 atom stereocenters. The molecular weight excluding hydrogens is 717 g/mol. The monoisotopic (exact) mass is 756 g/mol. The molecule has 4 aromatic carbocycles. The molecule has 1 aliphatic rings. The van der Waals surface area contributed by atoms with E-state index in [-0.39, 0.29) is 5.41 Å². The summed E-state index contributed by atoms with van der Waals surface area (Å²) in [6, 6.07) is 48.9. The number of hydrogen-bond acceptors (Lipinski definition) is 4. The Morgan fingerprint density at radius 3 is 1.28 bits per heavy atom. The zero-order valence-corrected chi connectivity index (χ0v) is 33.7. The van der Waals surface area contributed by atoms with Crippen molar-refractivity contribution in [3.63, 3.8) is 0 Å². The zero-order chi connectivity index (χ0) is 36.7. The summed E-state index contributed by atoms with van der Waals surface area (Å²) >= 11 is 7.44. The Morgan fingerprint density at radius 2 is 0.811 bits per heavy atom. The molecule has 4 aromatic heterocycles. The normalized spacial score (nSPS) is 12.5. The molecule has 0 nitrogen and oxygen atoms in total. The van der Waals surface area contributed by atoms with Crippen LogP contribution in [-0.4, -0.2) is 0 Å². The van der Waals surface area contributed by atoms with Gasteiger partial charge in [-0.15, -0.1) is 45.3 Å². The highest BCUT2D eigenvalue weighted by molar-refractivity contribution is 7.25. The van der Waals surface area contributed by atoms with Crippen molar-refractivity contribution in [1.82, 2.24) is 0 Å². The molecule has 53 heavy (non-hydrogen) atoms. The predicted molar refractivity (Wildman–Crippen MR) is 239 cm³/mol. The molecular formula is C49H40S4. The first-order valence-corrected chi connectivity index (χ1v) is 21.1. The van der Waals surface area contributed by atoms with Gasteiger partial charge in [0, 0.05) is 44.4 Å². The van der Waals surface area contributed by atoms with Gasteiger partial charge in [0.15, 0.2) is 0 Å². The van der Waals surface area contributed by atoms with Crippen LogP contribution in [0.3, 0.4) is 0 Å². The lowest BCUT2D eigenvalue weighted by molar-refractivity contribution is 0.660. The third-order valence-corrected chi connectivity index (χ3v) is 14.8. The van der Waals surface area contributed by atoms with Crippen molar-refractivity contribution in [1.29, 1.82) is 0 Å².